The lowest BCUT2D eigenvalue weighted by atomic mass is 10.1. The number of nitrogens with two attached hydrogens (primary N) is 1. The molecule has 0 saturated carbocycles. The number of hydrogen-bond acceptors (Lipinski definition) is 3. The van der Waals surface area contributed by atoms with Crippen molar-refractivity contribution in [3.8, 4) is 21.8 Å². The Morgan fingerprint density at radius 2 is 1.58 bits per heavy atom. The third kappa shape index (κ3) is 2.48. The first kappa shape index (κ1) is 12.2. The number of anilines is 1. The smallest absolute Gasteiger partial charge is 0.126 e. The highest BCUT2D eigenvalue weighted by Crippen LogP contribution is 2.35. The number of halogens is 1. The van der Waals surface area contributed by atoms with Crippen LogP contribution in [-0.2, 0) is 0 Å². The molecule has 94 valence electrons. The molecule has 4 heteroatoms. The van der Waals surface area contributed by atoms with E-state index in [1.54, 1.807) is 0 Å². The van der Waals surface area contributed by atoms with Gasteiger partial charge in [0.15, 0.2) is 0 Å². The molecule has 0 bridgehead atoms. The summed E-state index contributed by atoms with van der Waals surface area (Å²) in [6.45, 7) is 0. The number of nitrogens with zero attached hydrogens (tertiary/aromatic N) is 1. The second-order valence-corrected chi connectivity index (χ2v) is 5.57. The van der Waals surface area contributed by atoms with Crippen LogP contribution in [0.25, 0.3) is 21.8 Å². The minimum absolute atomic E-state index is 0.719. The minimum atomic E-state index is 0.719. The van der Waals surface area contributed by atoms with Crippen LogP contribution in [0.2, 0.25) is 5.02 Å². The van der Waals surface area contributed by atoms with E-state index in [0.29, 0.717) is 0 Å². The number of benzene rings is 2. The molecule has 0 aliphatic rings. The summed E-state index contributed by atoms with van der Waals surface area (Å²) in [7, 11) is 0. The van der Waals surface area contributed by atoms with Gasteiger partial charge in [0.05, 0.1) is 0 Å². The van der Waals surface area contributed by atoms with Crippen LogP contribution in [-0.4, -0.2) is 4.98 Å². The fourth-order valence-electron chi connectivity index (χ4n) is 1.85. The molecule has 2 aromatic carbocycles. The minimum Gasteiger partial charge on any atom is -0.389 e. The Labute approximate surface area is 120 Å². The van der Waals surface area contributed by atoms with E-state index in [9.17, 15) is 0 Å². The van der Waals surface area contributed by atoms with Crippen LogP contribution in [0.15, 0.2) is 54.6 Å². The normalized spacial score (nSPS) is 10.6. The van der Waals surface area contributed by atoms with Crippen molar-refractivity contribution < 1.29 is 0 Å². The summed E-state index contributed by atoms with van der Waals surface area (Å²) >= 11 is 7.38. The molecular formula is C15H11ClN2S. The number of nitrogen functional groups attached to an aromatic ring is 1. The Morgan fingerprint density at radius 3 is 2.26 bits per heavy atom. The zero-order chi connectivity index (χ0) is 13.2. The molecule has 0 unspecified atom stereocenters. The van der Waals surface area contributed by atoms with Crippen molar-refractivity contribution in [2.24, 2.45) is 0 Å². The summed E-state index contributed by atoms with van der Waals surface area (Å²) in [4.78, 5) is 4.63. The fourth-order valence-corrected chi connectivity index (χ4v) is 2.84. The zero-order valence-electron chi connectivity index (χ0n) is 10.0. The van der Waals surface area contributed by atoms with Crippen LogP contribution in [0.4, 0.5) is 5.00 Å². The van der Waals surface area contributed by atoms with Crippen molar-refractivity contribution in [3.63, 3.8) is 0 Å². The van der Waals surface area contributed by atoms with E-state index in [2.05, 4.69) is 4.98 Å². The van der Waals surface area contributed by atoms with Gasteiger partial charge in [-0.3, -0.25) is 0 Å². The first-order valence-electron chi connectivity index (χ1n) is 5.82. The van der Waals surface area contributed by atoms with Gasteiger partial charge in [-0.15, -0.1) is 0 Å². The molecule has 2 nitrogen and oxygen atoms in total. The number of hydrogen-bond donors (Lipinski definition) is 1. The van der Waals surface area contributed by atoms with E-state index in [1.165, 1.54) is 11.3 Å². The van der Waals surface area contributed by atoms with Gasteiger partial charge in [0.1, 0.15) is 15.7 Å². The van der Waals surface area contributed by atoms with Gasteiger partial charge >= 0.3 is 0 Å². The molecule has 3 rings (SSSR count). The van der Waals surface area contributed by atoms with Crippen LogP contribution < -0.4 is 5.73 Å². The second kappa shape index (κ2) is 5.03. The SMILES string of the molecule is Nc1sc(-c2ccc(Cl)cc2)nc1-c1ccccc1. The quantitative estimate of drug-likeness (QED) is 0.741. The van der Waals surface area contributed by atoms with Crippen LogP contribution >= 0.6 is 22.9 Å². The van der Waals surface area contributed by atoms with Crippen LogP contribution in [0.1, 0.15) is 0 Å². The van der Waals surface area contributed by atoms with E-state index in [4.69, 9.17) is 17.3 Å². The van der Waals surface area contributed by atoms with Crippen molar-refractivity contribution in [3.05, 3.63) is 59.6 Å². The zero-order valence-corrected chi connectivity index (χ0v) is 11.6. The molecule has 0 saturated heterocycles. The van der Waals surface area contributed by atoms with E-state index < -0.39 is 0 Å². The van der Waals surface area contributed by atoms with E-state index in [-0.39, 0.29) is 0 Å². The van der Waals surface area contributed by atoms with Crippen molar-refractivity contribution in [2.45, 2.75) is 0 Å². The highest BCUT2D eigenvalue weighted by atomic mass is 35.5. The summed E-state index contributed by atoms with van der Waals surface area (Å²) in [5.41, 5.74) is 8.98. The summed E-state index contributed by atoms with van der Waals surface area (Å²) in [6, 6.07) is 17.6. The molecule has 0 aliphatic carbocycles. The summed E-state index contributed by atoms with van der Waals surface area (Å²) < 4.78 is 0. The molecule has 1 heterocycles. The molecule has 1 aromatic heterocycles. The van der Waals surface area contributed by atoms with Crippen molar-refractivity contribution >= 4 is 27.9 Å². The van der Waals surface area contributed by atoms with Crippen molar-refractivity contribution in [2.75, 3.05) is 5.73 Å². The average Bonchev–Trinajstić information content (AvgIpc) is 2.83. The summed E-state index contributed by atoms with van der Waals surface area (Å²) in [6.07, 6.45) is 0. The lowest BCUT2D eigenvalue weighted by Crippen LogP contribution is -1.85. The van der Waals surface area contributed by atoms with Crippen molar-refractivity contribution in [1.29, 1.82) is 0 Å². The average molecular weight is 287 g/mol. The molecule has 3 aromatic rings. The van der Waals surface area contributed by atoms with Crippen LogP contribution in [0.5, 0.6) is 0 Å². The molecule has 0 radical (unpaired) electrons. The Kier molecular flexibility index (Phi) is 3.23. The predicted octanol–water partition coefficient (Wildman–Crippen LogP) is 4.71. The van der Waals surface area contributed by atoms with Gasteiger partial charge in [0.25, 0.3) is 0 Å². The van der Waals surface area contributed by atoms with Gasteiger partial charge in [-0.2, -0.15) is 0 Å². The van der Waals surface area contributed by atoms with Crippen LogP contribution in [0, 0.1) is 0 Å². The molecule has 19 heavy (non-hydrogen) atoms. The summed E-state index contributed by atoms with van der Waals surface area (Å²) in [5, 5.41) is 2.36. The van der Waals surface area contributed by atoms with Gasteiger partial charge in [0, 0.05) is 16.1 Å². The predicted molar refractivity (Wildman–Crippen MR) is 82.4 cm³/mol. The van der Waals surface area contributed by atoms with Gasteiger partial charge < -0.3 is 5.73 Å². The highest BCUT2D eigenvalue weighted by Gasteiger charge is 2.11. The number of thiazole rings is 1. The standard InChI is InChI=1S/C15H11ClN2S/c16-12-8-6-11(7-9-12)15-18-13(14(17)19-15)10-4-2-1-3-5-10/h1-9H,17H2. The molecule has 0 aliphatic heterocycles. The Morgan fingerprint density at radius 1 is 0.895 bits per heavy atom. The molecule has 0 amide bonds. The third-order valence-corrected chi connectivity index (χ3v) is 3.98. The van der Waals surface area contributed by atoms with Gasteiger partial charge in [-0.25, -0.2) is 4.98 Å². The van der Waals surface area contributed by atoms with E-state index >= 15 is 0 Å². The first-order chi connectivity index (χ1) is 9.24. The van der Waals surface area contributed by atoms with Crippen molar-refractivity contribution in [1.82, 2.24) is 4.98 Å². The molecule has 2 N–H and O–H groups in total. The first-order valence-corrected chi connectivity index (χ1v) is 7.01. The number of aromatic nitrogens is 1. The second-order valence-electron chi connectivity index (χ2n) is 4.10. The number of rotatable bonds is 2. The maximum Gasteiger partial charge on any atom is 0.126 e. The lowest BCUT2D eigenvalue weighted by Gasteiger charge is -1.97. The Hall–Kier alpha value is -1.84. The maximum absolute atomic E-state index is 6.07. The Balaban J connectivity index is 2.04. The molecule has 0 atom stereocenters. The molecule has 0 fully saturated rings. The topological polar surface area (TPSA) is 38.9 Å². The fraction of sp³-hybridized carbons (Fsp3) is 0. The van der Waals surface area contributed by atoms with Gasteiger partial charge in [-0.05, 0) is 12.1 Å². The molecular weight excluding hydrogens is 276 g/mol. The summed E-state index contributed by atoms with van der Waals surface area (Å²) in [5.74, 6) is 0. The van der Waals surface area contributed by atoms with E-state index in [0.717, 1.165) is 31.9 Å². The maximum atomic E-state index is 6.07. The Bertz CT molecular complexity index is 690. The lowest BCUT2D eigenvalue weighted by molar-refractivity contribution is 1.40. The van der Waals surface area contributed by atoms with E-state index in [1.807, 2.05) is 54.6 Å². The molecule has 0 spiro atoms. The van der Waals surface area contributed by atoms with Crippen LogP contribution in [0.3, 0.4) is 0 Å². The monoisotopic (exact) mass is 286 g/mol. The largest absolute Gasteiger partial charge is 0.389 e. The highest BCUT2D eigenvalue weighted by molar-refractivity contribution is 7.19. The third-order valence-electron chi connectivity index (χ3n) is 2.79. The van der Waals surface area contributed by atoms with Gasteiger partial charge in [-0.1, -0.05) is 65.4 Å². The van der Waals surface area contributed by atoms with Gasteiger partial charge in [0.2, 0.25) is 0 Å².